The monoisotopic (exact) mass is 218 g/mol. The molecule has 1 aromatic carbocycles. The summed E-state index contributed by atoms with van der Waals surface area (Å²) in [6.07, 6.45) is 0. The molecule has 0 fully saturated rings. The maximum atomic E-state index is 5.87. The molecule has 0 aliphatic carbocycles. The van der Waals surface area contributed by atoms with Crippen molar-refractivity contribution >= 4 is 13.3 Å². The van der Waals surface area contributed by atoms with Gasteiger partial charge in [-0.25, -0.2) is 0 Å². The van der Waals surface area contributed by atoms with E-state index < -0.39 is 0 Å². The first-order chi connectivity index (χ1) is 7.36. The van der Waals surface area contributed by atoms with E-state index in [0.29, 0.717) is 0 Å². The average Bonchev–Trinajstić information content (AvgIpc) is 2.14. The Morgan fingerprint density at radius 1 is 1.25 bits per heavy atom. The Labute approximate surface area is 99.4 Å². The lowest BCUT2D eigenvalue weighted by Crippen LogP contribution is -2.19. The predicted molar refractivity (Wildman–Crippen MR) is 67.8 cm³/mol. The third-order valence-corrected chi connectivity index (χ3v) is 2.43. The summed E-state index contributed by atoms with van der Waals surface area (Å²) in [6.45, 7) is 8.67. The number of benzene rings is 1. The van der Waals surface area contributed by atoms with Crippen LogP contribution in [0.15, 0.2) is 12.1 Å². The maximum absolute atomic E-state index is 5.87. The largest absolute Gasteiger partial charge is 0.467 e. The van der Waals surface area contributed by atoms with Crippen molar-refractivity contribution in [3.05, 3.63) is 23.3 Å². The molecule has 0 aromatic heterocycles. The number of aryl methyl sites for hydroxylation is 1. The van der Waals surface area contributed by atoms with Gasteiger partial charge in [-0.2, -0.15) is 0 Å². The Morgan fingerprint density at radius 2 is 1.88 bits per heavy atom. The number of hydrogen-bond acceptors (Lipinski definition) is 2. The van der Waals surface area contributed by atoms with Crippen LogP contribution in [-0.2, 0) is 10.2 Å². The molecular formula is C13H19BO2. The van der Waals surface area contributed by atoms with E-state index in [1.165, 1.54) is 0 Å². The summed E-state index contributed by atoms with van der Waals surface area (Å²) >= 11 is 0. The number of ether oxygens (including phenoxy) is 2. The molecule has 0 unspecified atom stereocenters. The lowest BCUT2D eigenvalue weighted by molar-refractivity contribution is 0.0493. The molecule has 0 aliphatic heterocycles. The molecule has 0 spiro atoms. The van der Waals surface area contributed by atoms with Crippen LogP contribution >= 0.6 is 0 Å². The lowest BCUT2D eigenvalue weighted by atomic mass is 9.81. The van der Waals surface area contributed by atoms with E-state index in [2.05, 4.69) is 20.8 Å². The van der Waals surface area contributed by atoms with Gasteiger partial charge in [-0.3, -0.25) is 0 Å². The second kappa shape index (κ2) is 4.92. The smallest absolute Gasteiger partial charge is 0.188 e. The molecule has 0 amide bonds. The Bertz CT molecular complexity index is 367. The van der Waals surface area contributed by atoms with Crippen LogP contribution in [0, 0.1) is 6.92 Å². The van der Waals surface area contributed by atoms with Crippen LogP contribution in [0.5, 0.6) is 5.75 Å². The van der Waals surface area contributed by atoms with Crippen LogP contribution in [0.25, 0.3) is 0 Å². The van der Waals surface area contributed by atoms with E-state index in [1.807, 2.05) is 19.1 Å². The average molecular weight is 218 g/mol. The Hall–Kier alpha value is -0.955. The van der Waals surface area contributed by atoms with Crippen molar-refractivity contribution in [1.29, 1.82) is 0 Å². The van der Waals surface area contributed by atoms with Crippen LogP contribution in [0.2, 0.25) is 0 Å². The van der Waals surface area contributed by atoms with Gasteiger partial charge < -0.3 is 9.47 Å². The highest BCUT2D eigenvalue weighted by Crippen LogP contribution is 2.32. The molecule has 2 radical (unpaired) electrons. The van der Waals surface area contributed by atoms with Gasteiger partial charge in [0.15, 0.2) is 6.79 Å². The van der Waals surface area contributed by atoms with Crippen LogP contribution in [0.3, 0.4) is 0 Å². The normalized spacial score (nSPS) is 11.6. The topological polar surface area (TPSA) is 18.5 Å². The molecule has 0 aliphatic rings. The molecular weight excluding hydrogens is 199 g/mol. The van der Waals surface area contributed by atoms with Gasteiger partial charge in [-0.05, 0) is 23.5 Å². The van der Waals surface area contributed by atoms with Gasteiger partial charge in [0.25, 0.3) is 0 Å². The molecule has 0 saturated heterocycles. The molecule has 1 aromatic rings. The molecule has 86 valence electrons. The van der Waals surface area contributed by atoms with Crippen molar-refractivity contribution in [1.82, 2.24) is 0 Å². The molecule has 2 nitrogen and oxygen atoms in total. The molecule has 16 heavy (non-hydrogen) atoms. The summed E-state index contributed by atoms with van der Waals surface area (Å²) in [5, 5.41) is 0. The molecule has 1 rings (SSSR count). The first kappa shape index (κ1) is 13.1. The number of methoxy groups -OCH3 is 1. The summed E-state index contributed by atoms with van der Waals surface area (Å²) in [5.74, 6) is 0.878. The Morgan fingerprint density at radius 3 is 2.38 bits per heavy atom. The minimum atomic E-state index is 0.00319. The Balaban J connectivity index is 3.21. The van der Waals surface area contributed by atoms with Crippen LogP contribution in [0.1, 0.15) is 31.9 Å². The van der Waals surface area contributed by atoms with Gasteiger partial charge in [0.2, 0.25) is 0 Å². The van der Waals surface area contributed by atoms with Crippen molar-refractivity contribution in [3.63, 3.8) is 0 Å². The fourth-order valence-electron chi connectivity index (χ4n) is 1.67. The number of hydrogen-bond donors (Lipinski definition) is 0. The molecule has 0 atom stereocenters. The predicted octanol–water partition coefficient (Wildman–Crippen LogP) is 2.07. The van der Waals surface area contributed by atoms with E-state index in [4.69, 9.17) is 17.3 Å². The zero-order valence-corrected chi connectivity index (χ0v) is 10.8. The highest BCUT2D eigenvalue weighted by Gasteiger charge is 2.20. The SMILES string of the molecule is [B]c1cc(C)c(OCOC)c(C(C)(C)C)c1. The van der Waals surface area contributed by atoms with Crippen LogP contribution < -0.4 is 10.2 Å². The standard InChI is InChI=1S/C13H19BO2/c1-9-6-10(14)7-11(13(2,3)4)12(9)16-8-15-5/h6-7H,8H2,1-5H3. The van der Waals surface area contributed by atoms with E-state index in [1.54, 1.807) is 7.11 Å². The van der Waals surface area contributed by atoms with Gasteiger partial charge >= 0.3 is 0 Å². The van der Waals surface area contributed by atoms with Crippen molar-refractivity contribution in [2.45, 2.75) is 33.1 Å². The van der Waals surface area contributed by atoms with Crippen molar-refractivity contribution < 1.29 is 9.47 Å². The first-order valence-electron chi connectivity index (χ1n) is 5.38. The van der Waals surface area contributed by atoms with Crippen LogP contribution in [0.4, 0.5) is 0 Å². The highest BCUT2D eigenvalue weighted by atomic mass is 16.7. The molecule has 0 saturated carbocycles. The van der Waals surface area contributed by atoms with E-state index in [0.717, 1.165) is 22.3 Å². The summed E-state index contributed by atoms with van der Waals surface area (Å²) in [6, 6.07) is 3.89. The van der Waals surface area contributed by atoms with Crippen molar-refractivity contribution in [2.75, 3.05) is 13.9 Å². The summed E-state index contributed by atoms with van der Waals surface area (Å²) in [4.78, 5) is 0. The summed E-state index contributed by atoms with van der Waals surface area (Å²) < 4.78 is 10.6. The second-order valence-electron chi connectivity index (χ2n) is 5.02. The van der Waals surface area contributed by atoms with Gasteiger partial charge in [0.05, 0.1) is 0 Å². The summed E-state index contributed by atoms with van der Waals surface area (Å²) in [5.41, 5.74) is 2.93. The zero-order chi connectivity index (χ0) is 12.3. The van der Waals surface area contributed by atoms with Gasteiger partial charge in [-0.1, -0.05) is 38.4 Å². The summed E-state index contributed by atoms with van der Waals surface area (Å²) in [7, 11) is 7.48. The number of rotatable bonds is 3. The van der Waals surface area contributed by atoms with Crippen molar-refractivity contribution in [3.8, 4) is 5.75 Å². The molecule has 0 N–H and O–H groups in total. The fourth-order valence-corrected chi connectivity index (χ4v) is 1.67. The molecule has 3 heteroatoms. The molecule has 0 heterocycles. The minimum absolute atomic E-state index is 0.00319. The van der Waals surface area contributed by atoms with Crippen molar-refractivity contribution in [2.24, 2.45) is 0 Å². The molecule has 0 bridgehead atoms. The van der Waals surface area contributed by atoms with Gasteiger partial charge in [-0.15, -0.1) is 0 Å². The van der Waals surface area contributed by atoms with Gasteiger partial charge in [0, 0.05) is 7.11 Å². The minimum Gasteiger partial charge on any atom is -0.467 e. The fraction of sp³-hybridized carbons (Fsp3) is 0.538. The highest BCUT2D eigenvalue weighted by molar-refractivity contribution is 6.32. The first-order valence-corrected chi connectivity index (χ1v) is 5.38. The zero-order valence-electron chi connectivity index (χ0n) is 10.8. The maximum Gasteiger partial charge on any atom is 0.188 e. The third-order valence-electron chi connectivity index (χ3n) is 2.43. The van der Waals surface area contributed by atoms with E-state index >= 15 is 0 Å². The Kier molecular flexibility index (Phi) is 4.03. The van der Waals surface area contributed by atoms with Crippen LogP contribution in [-0.4, -0.2) is 21.7 Å². The quantitative estimate of drug-likeness (QED) is 0.571. The lowest BCUT2D eigenvalue weighted by Gasteiger charge is -2.25. The third kappa shape index (κ3) is 3.02. The van der Waals surface area contributed by atoms with E-state index in [-0.39, 0.29) is 12.2 Å². The second-order valence-corrected chi connectivity index (χ2v) is 5.02. The van der Waals surface area contributed by atoms with E-state index in [9.17, 15) is 0 Å². The van der Waals surface area contributed by atoms with Gasteiger partial charge in [0.1, 0.15) is 13.6 Å².